The average Bonchev–Trinajstić information content (AvgIpc) is 2.22. The van der Waals surface area contributed by atoms with Gasteiger partial charge >= 0.3 is 0 Å². The molecule has 0 aromatic rings. The number of hydrogen-bond donors (Lipinski definition) is 1. The summed E-state index contributed by atoms with van der Waals surface area (Å²) in [6.07, 6.45) is 12.8. The molecule has 0 atom stereocenters. The van der Waals surface area contributed by atoms with Crippen molar-refractivity contribution in [1.29, 1.82) is 0 Å². The van der Waals surface area contributed by atoms with Gasteiger partial charge in [-0.3, -0.25) is 0 Å². The van der Waals surface area contributed by atoms with Gasteiger partial charge in [-0.05, 0) is 25.2 Å². The lowest BCUT2D eigenvalue weighted by Gasteiger charge is -2.06. The van der Waals surface area contributed by atoms with Gasteiger partial charge in [0, 0.05) is 11.4 Å². The van der Waals surface area contributed by atoms with Crippen LogP contribution in [0.2, 0.25) is 0 Å². The second-order valence-electron chi connectivity index (χ2n) is 2.53. The van der Waals surface area contributed by atoms with Crippen LogP contribution in [0.25, 0.3) is 0 Å². The van der Waals surface area contributed by atoms with Gasteiger partial charge in [0.2, 0.25) is 0 Å². The van der Waals surface area contributed by atoms with Crippen molar-refractivity contribution < 1.29 is 0 Å². The van der Waals surface area contributed by atoms with Crippen LogP contribution in [0, 0.1) is 0 Å². The van der Waals surface area contributed by atoms with Crippen LogP contribution in [-0.2, 0) is 0 Å². The fraction of sp³-hybridized carbons (Fsp3) is 0.0769. The Hall–Kier alpha value is -1.76. The normalized spacial score (nSPS) is 12.6. The molecule has 0 unspecified atom stereocenters. The lowest BCUT2D eigenvalue weighted by Crippen LogP contribution is -2.08. The molecule has 0 aromatic heterocycles. The molecule has 0 amide bonds. The van der Waals surface area contributed by atoms with E-state index in [1.54, 1.807) is 18.2 Å². The third kappa shape index (κ3) is 4.99. The third-order valence-corrected chi connectivity index (χ3v) is 1.53. The van der Waals surface area contributed by atoms with Crippen LogP contribution in [0.3, 0.4) is 0 Å². The third-order valence-electron chi connectivity index (χ3n) is 1.53. The topological polar surface area (TPSA) is 12.0 Å². The van der Waals surface area contributed by atoms with Crippen LogP contribution in [-0.4, -0.2) is 0 Å². The van der Waals surface area contributed by atoms with Gasteiger partial charge in [0.15, 0.2) is 0 Å². The second-order valence-corrected chi connectivity index (χ2v) is 2.53. The van der Waals surface area contributed by atoms with Crippen LogP contribution in [0.15, 0.2) is 73.7 Å². The molecule has 74 valence electrons. The van der Waals surface area contributed by atoms with Crippen molar-refractivity contribution in [2.75, 3.05) is 0 Å². The summed E-state index contributed by atoms with van der Waals surface area (Å²) in [6, 6.07) is 0. The number of hydrogen-bond acceptors (Lipinski definition) is 1. The largest absolute Gasteiger partial charge is 0.356 e. The van der Waals surface area contributed by atoms with E-state index >= 15 is 0 Å². The average molecular weight is 187 g/mol. The zero-order chi connectivity index (χ0) is 10.8. The lowest BCUT2D eigenvalue weighted by atomic mass is 10.3. The summed E-state index contributed by atoms with van der Waals surface area (Å²) in [7, 11) is 0. The first kappa shape index (κ1) is 12.2. The van der Waals surface area contributed by atoms with Crippen molar-refractivity contribution in [3.63, 3.8) is 0 Å². The maximum Gasteiger partial charge on any atom is 0.0377 e. The van der Waals surface area contributed by atoms with E-state index in [4.69, 9.17) is 0 Å². The minimum absolute atomic E-state index is 0.918. The fourth-order valence-corrected chi connectivity index (χ4v) is 0.836. The Balaban J connectivity index is 4.52. The molecule has 0 bridgehead atoms. The highest BCUT2D eigenvalue weighted by atomic mass is 14.9. The van der Waals surface area contributed by atoms with Crippen molar-refractivity contribution in [2.45, 2.75) is 6.92 Å². The predicted molar refractivity (Wildman–Crippen MR) is 64.7 cm³/mol. The maximum atomic E-state index is 3.70. The molecule has 1 nitrogen and oxygen atoms in total. The Bertz CT molecular complexity index is 290. The molecule has 0 spiro atoms. The molecule has 1 N–H and O–H groups in total. The summed E-state index contributed by atoms with van der Waals surface area (Å²) >= 11 is 0. The zero-order valence-corrected chi connectivity index (χ0v) is 8.66. The Labute approximate surface area is 86.5 Å². The Morgan fingerprint density at radius 1 is 1.07 bits per heavy atom. The molecule has 0 heterocycles. The zero-order valence-electron chi connectivity index (χ0n) is 8.66. The van der Waals surface area contributed by atoms with E-state index in [2.05, 4.69) is 25.1 Å². The second kappa shape index (κ2) is 7.87. The van der Waals surface area contributed by atoms with Crippen molar-refractivity contribution in [1.82, 2.24) is 5.32 Å². The van der Waals surface area contributed by atoms with Crippen molar-refractivity contribution in [2.24, 2.45) is 0 Å². The van der Waals surface area contributed by atoms with E-state index in [-0.39, 0.29) is 0 Å². The van der Waals surface area contributed by atoms with Gasteiger partial charge in [0.05, 0.1) is 0 Å². The lowest BCUT2D eigenvalue weighted by molar-refractivity contribution is 1.04. The SMILES string of the molecule is C=C/C=C\C(=C/C)N/C(C=C)=C/C=C. The molecule has 14 heavy (non-hydrogen) atoms. The van der Waals surface area contributed by atoms with Crippen LogP contribution < -0.4 is 5.32 Å². The Kier molecular flexibility index (Phi) is 6.88. The summed E-state index contributed by atoms with van der Waals surface area (Å²) in [5.41, 5.74) is 1.92. The summed E-state index contributed by atoms with van der Waals surface area (Å²) in [5.74, 6) is 0. The van der Waals surface area contributed by atoms with E-state index < -0.39 is 0 Å². The van der Waals surface area contributed by atoms with Gasteiger partial charge in [-0.1, -0.05) is 44.0 Å². The molecular formula is C13H17N. The molecule has 1 heteroatoms. The molecule has 0 radical (unpaired) electrons. The van der Waals surface area contributed by atoms with E-state index in [0.29, 0.717) is 0 Å². The molecule has 0 aliphatic heterocycles. The first-order valence-electron chi connectivity index (χ1n) is 4.46. The van der Waals surface area contributed by atoms with Gasteiger partial charge in [-0.15, -0.1) is 0 Å². The van der Waals surface area contributed by atoms with Gasteiger partial charge in [-0.25, -0.2) is 0 Å². The number of allylic oxidation sites excluding steroid dienone is 7. The molecule has 0 aliphatic rings. The van der Waals surface area contributed by atoms with Crippen LogP contribution >= 0.6 is 0 Å². The quantitative estimate of drug-likeness (QED) is 0.628. The highest BCUT2D eigenvalue weighted by molar-refractivity contribution is 5.29. The molecule has 0 aliphatic carbocycles. The molecule has 0 saturated heterocycles. The van der Waals surface area contributed by atoms with E-state index in [9.17, 15) is 0 Å². The van der Waals surface area contributed by atoms with Gasteiger partial charge < -0.3 is 5.32 Å². The molecule has 0 rings (SSSR count). The van der Waals surface area contributed by atoms with Crippen LogP contribution in [0.1, 0.15) is 6.92 Å². The minimum Gasteiger partial charge on any atom is -0.356 e. The van der Waals surface area contributed by atoms with Crippen molar-refractivity contribution in [3.05, 3.63) is 73.7 Å². The van der Waals surface area contributed by atoms with E-state index in [0.717, 1.165) is 11.4 Å². The van der Waals surface area contributed by atoms with Gasteiger partial charge in [0.25, 0.3) is 0 Å². The van der Waals surface area contributed by atoms with Crippen LogP contribution in [0.4, 0.5) is 0 Å². The molecule has 0 fully saturated rings. The first-order chi connectivity index (χ1) is 6.78. The summed E-state index contributed by atoms with van der Waals surface area (Å²) < 4.78 is 0. The highest BCUT2D eigenvalue weighted by Crippen LogP contribution is 1.99. The molecule has 0 aromatic carbocycles. The first-order valence-corrected chi connectivity index (χ1v) is 4.46. The number of nitrogens with one attached hydrogen (secondary N) is 1. The van der Waals surface area contributed by atoms with E-state index in [1.807, 2.05) is 31.2 Å². The summed E-state index contributed by atoms with van der Waals surface area (Å²) in [4.78, 5) is 0. The monoisotopic (exact) mass is 187 g/mol. The van der Waals surface area contributed by atoms with Crippen LogP contribution in [0.5, 0.6) is 0 Å². The van der Waals surface area contributed by atoms with Crippen molar-refractivity contribution in [3.8, 4) is 0 Å². The Morgan fingerprint density at radius 3 is 2.21 bits per heavy atom. The number of rotatable bonds is 6. The maximum absolute atomic E-state index is 3.70. The summed E-state index contributed by atoms with van der Waals surface area (Å²) in [6.45, 7) is 12.9. The standard InChI is InChI=1S/C13H17N/c1-5-9-11-13(8-4)14-12(7-3)10-6-2/h5-11,14H,1-3H2,4H3/b11-9-,12-10+,13-8+. The predicted octanol–water partition coefficient (Wildman–Crippen LogP) is 3.48. The van der Waals surface area contributed by atoms with E-state index in [1.165, 1.54) is 0 Å². The van der Waals surface area contributed by atoms with Gasteiger partial charge in [0.1, 0.15) is 0 Å². The molecular weight excluding hydrogens is 170 g/mol. The smallest absolute Gasteiger partial charge is 0.0377 e. The Morgan fingerprint density at radius 2 is 1.79 bits per heavy atom. The highest BCUT2D eigenvalue weighted by Gasteiger charge is 1.90. The van der Waals surface area contributed by atoms with Crippen molar-refractivity contribution >= 4 is 0 Å². The minimum atomic E-state index is 0.918. The molecule has 0 saturated carbocycles. The summed E-state index contributed by atoms with van der Waals surface area (Å²) in [5, 5.41) is 3.19. The fourth-order valence-electron chi connectivity index (χ4n) is 0.836. The van der Waals surface area contributed by atoms with Gasteiger partial charge in [-0.2, -0.15) is 0 Å².